The molecule has 2 aromatic rings. The van der Waals surface area contributed by atoms with Gasteiger partial charge in [-0.1, -0.05) is 17.7 Å². The summed E-state index contributed by atoms with van der Waals surface area (Å²) in [6, 6.07) is 7.47. The van der Waals surface area contributed by atoms with Crippen LogP contribution < -0.4 is 10.2 Å². The van der Waals surface area contributed by atoms with Gasteiger partial charge in [0.1, 0.15) is 5.69 Å². The molecule has 0 spiro atoms. The third kappa shape index (κ3) is 3.93. The zero-order chi connectivity index (χ0) is 17.8. The van der Waals surface area contributed by atoms with Crippen molar-refractivity contribution in [1.82, 2.24) is 14.9 Å². The summed E-state index contributed by atoms with van der Waals surface area (Å²) in [5.74, 6) is 0.251. The molecule has 0 saturated carbocycles. The number of amides is 2. The number of aromatic nitrogens is 2. The van der Waals surface area contributed by atoms with Crippen molar-refractivity contribution in [2.45, 2.75) is 13.8 Å². The number of carbonyl (C=O) groups is 2. The molecule has 1 aromatic carbocycles. The van der Waals surface area contributed by atoms with Crippen LogP contribution in [-0.2, 0) is 4.79 Å². The Kier molecular flexibility index (Phi) is 4.92. The van der Waals surface area contributed by atoms with Crippen molar-refractivity contribution < 1.29 is 9.59 Å². The lowest BCUT2D eigenvalue weighted by atomic mass is 10.1. The highest BCUT2D eigenvalue weighted by Crippen LogP contribution is 2.17. The summed E-state index contributed by atoms with van der Waals surface area (Å²) in [5.41, 5.74) is 3.25. The molecule has 1 aromatic heterocycles. The van der Waals surface area contributed by atoms with Gasteiger partial charge in [-0.2, -0.15) is 0 Å². The maximum Gasteiger partial charge on any atom is 0.274 e. The van der Waals surface area contributed by atoms with Gasteiger partial charge in [0.15, 0.2) is 0 Å². The smallest absolute Gasteiger partial charge is 0.274 e. The number of piperazine rings is 1. The van der Waals surface area contributed by atoms with E-state index in [0.29, 0.717) is 37.8 Å². The van der Waals surface area contributed by atoms with Crippen molar-refractivity contribution in [2.24, 2.45) is 0 Å². The number of rotatable bonds is 4. The standard InChI is InChI=1S/C18H21N5O2/c1-13-3-4-15(14(2)11-13)20-17(25)16-5-6-19-18(21-16)23-9-7-22(12-24)8-10-23/h3-6,11-12H,7-10H2,1-2H3,(H,20,25). The predicted octanol–water partition coefficient (Wildman–Crippen LogP) is 1.62. The van der Waals surface area contributed by atoms with Crippen molar-refractivity contribution in [3.63, 3.8) is 0 Å². The zero-order valence-corrected chi connectivity index (χ0v) is 14.4. The number of aryl methyl sites for hydroxylation is 2. The van der Waals surface area contributed by atoms with Crippen LogP contribution in [0.25, 0.3) is 0 Å². The van der Waals surface area contributed by atoms with Crippen molar-refractivity contribution in [2.75, 3.05) is 36.4 Å². The molecule has 25 heavy (non-hydrogen) atoms. The van der Waals surface area contributed by atoms with Gasteiger partial charge < -0.3 is 15.1 Å². The third-order valence-electron chi connectivity index (χ3n) is 4.25. The minimum atomic E-state index is -0.262. The minimum absolute atomic E-state index is 0.262. The highest BCUT2D eigenvalue weighted by molar-refractivity contribution is 6.03. The Balaban J connectivity index is 1.72. The highest BCUT2D eigenvalue weighted by Gasteiger charge is 2.19. The van der Waals surface area contributed by atoms with E-state index in [-0.39, 0.29) is 5.91 Å². The lowest BCUT2D eigenvalue weighted by Gasteiger charge is -2.32. The van der Waals surface area contributed by atoms with Gasteiger partial charge in [-0.15, -0.1) is 0 Å². The monoisotopic (exact) mass is 339 g/mol. The molecule has 1 N–H and O–H groups in total. The van der Waals surface area contributed by atoms with Crippen LogP contribution in [0.2, 0.25) is 0 Å². The molecule has 3 rings (SSSR count). The molecule has 2 heterocycles. The molecule has 0 atom stereocenters. The summed E-state index contributed by atoms with van der Waals surface area (Å²) in [4.78, 5) is 35.6. The van der Waals surface area contributed by atoms with E-state index in [1.165, 1.54) is 0 Å². The van der Waals surface area contributed by atoms with Crippen molar-refractivity contribution in [3.05, 3.63) is 47.3 Å². The topological polar surface area (TPSA) is 78.4 Å². The molecule has 7 nitrogen and oxygen atoms in total. The van der Waals surface area contributed by atoms with Gasteiger partial charge >= 0.3 is 0 Å². The van der Waals surface area contributed by atoms with Crippen LogP contribution in [0.1, 0.15) is 21.6 Å². The van der Waals surface area contributed by atoms with Gasteiger partial charge in [0, 0.05) is 38.1 Å². The third-order valence-corrected chi connectivity index (χ3v) is 4.25. The number of nitrogens with one attached hydrogen (secondary N) is 1. The lowest BCUT2D eigenvalue weighted by Crippen LogP contribution is -2.46. The Morgan fingerprint density at radius 2 is 1.92 bits per heavy atom. The molecule has 0 unspecified atom stereocenters. The van der Waals surface area contributed by atoms with E-state index in [4.69, 9.17) is 0 Å². The molecule has 0 radical (unpaired) electrons. The van der Waals surface area contributed by atoms with Crippen molar-refractivity contribution in [3.8, 4) is 0 Å². The molecule has 0 bridgehead atoms. The maximum atomic E-state index is 12.5. The first-order chi connectivity index (χ1) is 12.1. The summed E-state index contributed by atoms with van der Waals surface area (Å²) in [6.07, 6.45) is 2.44. The molecule has 1 aliphatic heterocycles. The maximum absolute atomic E-state index is 12.5. The Labute approximate surface area is 146 Å². The fourth-order valence-corrected chi connectivity index (χ4v) is 2.79. The van der Waals surface area contributed by atoms with Gasteiger partial charge in [0.05, 0.1) is 0 Å². The molecule has 130 valence electrons. The molecule has 2 amide bonds. The first-order valence-electron chi connectivity index (χ1n) is 8.23. The van der Waals surface area contributed by atoms with Crippen LogP contribution in [0.5, 0.6) is 0 Å². The zero-order valence-electron chi connectivity index (χ0n) is 14.4. The normalized spacial score (nSPS) is 14.3. The summed E-state index contributed by atoms with van der Waals surface area (Å²) < 4.78 is 0. The summed E-state index contributed by atoms with van der Waals surface area (Å²) in [6.45, 7) is 6.54. The number of benzene rings is 1. The molecule has 1 fully saturated rings. The average molecular weight is 339 g/mol. The van der Waals surface area contributed by atoms with Crippen LogP contribution in [0.3, 0.4) is 0 Å². The Morgan fingerprint density at radius 3 is 2.60 bits per heavy atom. The van der Waals surface area contributed by atoms with Crippen LogP contribution in [-0.4, -0.2) is 53.4 Å². The second-order valence-corrected chi connectivity index (χ2v) is 6.14. The summed E-state index contributed by atoms with van der Waals surface area (Å²) in [7, 11) is 0. The van der Waals surface area contributed by atoms with Crippen LogP contribution in [0.4, 0.5) is 11.6 Å². The summed E-state index contributed by atoms with van der Waals surface area (Å²) >= 11 is 0. The van der Waals surface area contributed by atoms with Crippen LogP contribution >= 0.6 is 0 Å². The number of hydrogen-bond donors (Lipinski definition) is 1. The molecule has 1 aliphatic rings. The van der Waals surface area contributed by atoms with Gasteiger partial charge in [-0.05, 0) is 31.5 Å². The predicted molar refractivity (Wildman–Crippen MR) is 95.8 cm³/mol. The van der Waals surface area contributed by atoms with Gasteiger partial charge in [0.25, 0.3) is 5.91 Å². The number of carbonyl (C=O) groups excluding carboxylic acids is 2. The average Bonchev–Trinajstić information content (AvgIpc) is 2.64. The van der Waals surface area contributed by atoms with E-state index in [1.54, 1.807) is 17.2 Å². The Morgan fingerprint density at radius 1 is 1.16 bits per heavy atom. The largest absolute Gasteiger partial charge is 0.342 e. The quantitative estimate of drug-likeness (QED) is 0.857. The van der Waals surface area contributed by atoms with E-state index in [2.05, 4.69) is 15.3 Å². The second-order valence-electron chi connectivity index (χ2n) is 6.14. The van der Waals surface area contributed by atoms with E-state index >= 15 is 0 Å². The van der Waals surface area contributed by atoms with E-state index in [9.17, 15) is 9.59 Å². The second kappa shape index (κ2) is 7.29. The van der Waals surface area contributed by atoms with Crippen molar-refractivity contribution in [1.29, 1.82) is 0 Å². The molecular formula is C18H21N5O2. The Hall–Kier alpha value is -2.96. The van der Waals surface area contributed by atoms with Gasteiger partial charge in [0.2, 0.25) is 12.4 Å². The molecule has 7 heteroatoms. The van der Waals surface area contributed by atoms with Crippen LogP contribution in [0, 0.1) is 13.8 Å². The fraction of sp³-hybridized carbons (Fsp3) is 0.333. The molecule has 0 aliphatic carbocycles. The number of hydrogen-bond acceptors (Lipinski definition) is 5. The van der Waals surface area contributed by atoms with E-state index in [0.717, 1.165) is 23.2 Å². The van der Waals surface area contributed by atoms with Crippen molar-refractivity contribution >= 4 is 24.0 Å². The number of anilines is 2. The SMILES string of the molecule is Cc1ccc(NC(=O)c2ccnc(N3CCN(C=O)CC3)n2)c(C)c1. The van der Waals surface area contributed by atoms with E-state index < -0.39 is 0 Å². The highest BCUT2D eigenvalue weighted by atomic mass is 16.2. The van der Waals surface area contributed by atoms with E-state index in [1.807, 2.05) is 36.9 Å². The lowest BCUT2D eigenvalue weighted by molar-refractivity contribution is -0.118. The number of nitrogens with zero attached hydrogens (tertiary/aromatic N) is 4. The summed E-state index contributed by atoms with van der Waals surface area (Å²) in [5, 5.41) is 2.90. The molecule has 1 saturated heterocycles. The first-order valence-corrected chi connectivity index (χ1v) is 8.23. The van der Waals surface area contributed by atoms with Crippen LogP contribution in [0.15, 0.2) is 30.5 Å². The Bertz CT molecular complexity index is 785. The molecular weight excluding hydrogens is 318 g/mol. The first kappa shape index (κ1) is 16.9. The fourth-order valence-electron chi connectivity index (χ4n) is 2.79. The van der Waals surface area contributed by atoms with Gasteiger partial charge in [-0.25, -0.2) is 9.97 Å². The minimum Gasteiger partial charge on any atom is -0.342 e. The van der Waals surface area contributed by atoms with Gasteiger partial charge in [-0.3, -0.25) is 9.59 Å².